The second-order valence-corrected chi connectivity index (χ2v) is 5.58. The van der Waals surface area contributed by atoms with Crippen LogP contribution in [-0.4, -0.2) is 47.8 Å². The largest absolute Gasteiger partial charge is 0.464 e. The quantitative estimate of drug-likeness (QED) is 0.558. The average Bonchev–Trinajstić information content (AvgIpc) is 3.17. The molecule has 9 nitrogen and oxygen atoms in total. The van der Waals surface area contributed by atoms with Gasteiger partial charge in [0.15, 0.2) is 5.69 Å². The summed E-state index contributed by atoms with van der Waals surface area (Å²) in [6, 6.07) is 1.96. The van der Waals surface area contributed by atoms with Crippen molar-refractivity contribution >= 4 is 28.0 Å². The number of aromatic nitrogens is 7. The summed E-state index contributed by atoms with van der Waals surface area (Å²) in [5.41, 5.74) is 5.71. The Morgan fingerprint density at radius 2 is 2.04 bits per heavy atom. The first-order valence-corrected chi connectivity index (χ1v) is 7.30. The smallest absolute Gasteiger partial charge is 0.358 e. The van der Waals surface area contributed by atoms with Gasteiger partial charge in [-0.05, 0) is 13.0 Å². The van der Waals surface area contributed by atoms with Gasteiger partial charge in [-0.2, -0.15) is 5.10 Å². The number of aromatic amines is 1. The van der Waals surface area contributed by atoms with Crippen molar-refractivity contribution in [2.75, 3.05) is 7.11 Å². The fraction of sp³-hybridized carbons (Fsp3) is 0.267. The van der Waals surface area contributed by atoms with Crippen molar-refractivity contribution in [3.8, 4) is 11.3 Å². The minimum atomic E-state index is -0.446. The van der Waals surface area contributed by atoms with E-state index in [1.54, 1.807) is 17.9 Å². The van der Waals surface area contributed by atoms with Crippen LogP contribution in [0.3, 0.4) is 0 Å². The third-order valence-electron chi connectivity index (χ3n) is 4.07. The highest BCUT2D eigenvalue weighted by Gasteiger charge is 2.22. The van der Waals surface area contributed by atoms with E-state index in [2.05, 4.69) is 25.4 Å². The summed E-state index contributed by atoms with van der Waals surface area (Å²) < 4.78 is 8.04. The monoisotopic (exact) mass is 325 g/mol. The van der Waals surface area contributed by atoms with Crippen molar-refractivity contribution in [3.63, 3.8) is 0 Å². The number of carbonyl (C=O) groups excluding carboxylic acids is 1. The number of rotatable bonds is 2. The number of fused-ring (bicyclic) bond motifs is 3. The number of carbonyl (C=O) groups is 1. The fourth-order valence-corrected chi connectivity index (χ4v) is 3.01. The number of H-pyrrole nitrogens is 1. The van der Waals surface area contributed by atoms with Crippen LogP contribution in [0.15, 0.2) is 12.3 Å². The Balaban J connectivity index is 1.97. The number of esters is 1. The fourth-order valence-electron chi connectivity index (χ4n) is 3.01. The minimum absolute atomic E-state index is 0.366. The molecule has 0 bridgehead atoms. The molecule has 0 radical (unpaired) electrons. The van der Waals surface area contributed by atoms with E-state index >= 15 is 0 Å². The van der Waals surface area contributed by atoms with Crippen LogP contribution in [0, 0.1) is 6.92 Å². The minimum Gasteiger partial charge on any atom is -0.464 e. The standard InChI is InChI=1S/C15H15N7O2/c1-7-13(22(3)20-18-7)8-5-9-10(16-6-8)11-12(17-9)14(15(23)24-4)21(2)19-11/h5-6,17H,1-4H3. The molecule has 0 aromatic carbocycles. The highest BCUT2D eigenvalue weighted by atomic mass is 16.5. The van der Waals surface area contributed by atoms with Gasteiger partial charge in [-0.3, -0.25) is 9.67 Å². The van der Waals surface area contributed by atoms with E-state index in [0.29, 0.717) is 22.2 Å². The number of nitrogens with one attached hydrogen (secondary N) is 1. The van der Waals surface area contributed by atoms with E-state index in [1.807, 2.05) is 20.0 Å². The molecule has 4 aromatic rings. The van der Waals surface area contributed by atoms with Crippen molar-refractivity contribution in [1.82, 2.24) is 34.7 Å². The third kappa shape index (κ3) is 1.84. The summed E-state index contributed by atoms with van der Waals surface area (Å²) in [6.45, 7) is 1.90. The Morgan fingerprint density at radius 1 is 1.25 bits per heavy atom. The zero-order valence-corrected chi connectivity index (χ0v) is 13.7. The van der Waals surface area contributed by atoms with Gasteiger partial charge >= 0.3 is 5.97 Å². The summed E-state index contributed by atoms with van der Waals surface area (Å²) in [5.74, 6) is -0.446. The average molecular weight is 325 g/mol. The van der Waals surface area contributed by atoms with Gasteiger partial charge in [0.25, 0.3) is 0 Å². The van der Waals surface area contributed by atoms with Crippen LogP contribution in [0.2, 0.25) is 0 Å². The second-order valence-electron chi connectivity index (χ2n) is 5.58. The lowest BCUT2D eigenvalue weighted by molar-refractivity contribution is 0.0590. The van der Waals surface area contributed by atoms with Gasteiger partial charge in [-0.15, -0.1) is 5.10 Å². The first-order valence-electron chi connectivity index (χ1n) is 7.30. The van der Waals surface area contributed by atoms with Gasteiger partial charge in [-0.25, -0.2) is 9.48 Å². The van der Waals surface area contributed by atoms with E-state index in [9.17, 15) is 4.79 Å². The maximum Gasteiger partial charge on any atom is 0.358 e. The molecule has 0 saturated carbocycles. The van der Waals surface area contributed by atoms with E-state index in [1.165, 1.54) is 11.8 Å². The maximum atomic E-state index is 12.0. The zero-order valence-electron chi connectivity index (χ0n) is 13.7. The molecule has 9 heteroatoms. The highest BCUT2D eigenvalue weighted by molar-refractivity contribution is 6.10. The van der Waals surface area contributed by atoms with Gasteiger partial charge in [0.2, 0.25) is 0 Å². The molecule has 0 aliphatic heterocycles. The van der Waals surface area contributed by atoms with Gasteiger partial charge in [0.1, 0.15) is 16.6 Å². The van der Waals surface area contributed by atoms with Gasteiger partial charge < -0.3 is 9.72 Å². The van der Waals surface area contributed by atoms with Crippen molar-refractivity contribution in [2.45, 2.75) is 6.92 Å². The predicted molar refractivity (Wildman–Crippen MR) is 86.4 cm³/mol. The van der Waals surface area contributed by atoms with E-state index in [-0.39, 0.29) is 0 Å². The van der Waals surface area contributed by atoms with Crippen molar-refractivity contribution in [2.24, 2.45) is 14.1 Å². The lowest BCUT2D eigenvalue weighted by Crippen LogP contribution is -2.09. The van der Waals surface area contributed by atoms with Crippen LogP contribution >= 0.6 is 0 Å². The molecule has 0 saturated heterocycles. The van der Waals surface area contributed by atoms with Crippen LogP contribution in [-0.2, 0) is 18.8 Å². The number of hydrogen-bond acceptors (Lipinski definition) is 6. The maximum absolute atomic E-state index is 12.0. The number of methoxy groups -OCH3 is 1. The Hall–Kier alpha value is -3.23. The van der Waals surface area contributed by atoms with Crippen molar-refractivity contribution in [3.05, 3.63) is 23.7 Å². The second kappa shape index (κ2) is 4.88. The molecular weight excluding hydrogens is 310 g/mol. The SMILES string of the molecule is COC(=O)c1c2[nH]c3cc(-c4c(C)nnn4C)cnc3c2nn1C. The Morgan fingerprint density at radius 3 is 2.71 bits per heavy atom. The Bertz CT molecular complexity index is 1080. The molecular formula is C15H15N7O2. The molecule has 0 aliphatic carbocycles. The number of pyridine rings is 1. The lowest BCUT2D eigenvalue weighted by atomic mass is 10.1. The number of hydrogen-bond donors (Lipinski definition) is 1. The topological polar surface area (TPSA) is 104 Å². The van der Waals surface area contributed by atoms with E-state index in [0.717, 1.165) is 22.5 Å². The number of ether oxygens (including phenoxy) is 1. The number of nitrogens with zero attached hydrogens (tertiary/aromatic N) is 6. The predicted octanol–water partition coefficient (Wildman–Crippen LogP) is 1.34. The molecule has 1 N–H and O–H groups in total. The molecule has 0 aliphatic rings. The molecule has 122 valence electrons. The molecule has 4 aromatic heterocycles. The van der Waals surface area contributed by atoms with Gasteiger partial charge in [0.05, 0.1) is 24.0 Å². The molecule has 0 amide bonds. The molecule has 0 unspecified atom stereocenters. The summed E-state index contributed by atoms with van der Waals surface area (Å²) >= 11 is 0. The van der Waals surface area contributed by atoms with Crippen molar-refractivity contribution in [1.29, 1.82) is 0 Å². The molecule has 0 spiro atoms. The van der Waals surface area contributed by atoms with Crippen LogP contribution in [0.1, 0.15) is 16.2 Å². The molecule has 0 fully saturated rings. The van der Waals surface area contributed by atoms with E-state index < -0.39 is 5.97 Å². The van der Waals surface area contributed by atoms with Gasteiger partial charge in [-0.1, -0.05) is 5.21 Å². The summed E-state index contributed by atoms with van der Waals surface area (Å²) in [7, 11) is 4.88. The Kier molecular flexibility index (Phi) is 2.92. The molecule has 4 rings (SSSR count). The first-order chi connectivity index (χ1) is 11.5. The summed E-state index contributed by atoms with van der Waals surface area (Å²) in [5, 5.41) is 12.5. The molecule has 24 heavy (non-hydrogen) atoms. The lowest BCUT2D eigenvalue weighted by Gasteiger charge is -2.02. The van der Waals surface area contributed by atoms with Gasteiger partial charge in [0, 0.05) is 25.9 Å². The summed E-state index contributed by atoms with van der Waals surface area (Å²) in [6.07, 6.45) is 1.76. The molecule has 0 atom stereocenters. The highest BCUT2D eigenvalue weighted by Crippen LogP contribution is 2.29. The molecule has 4 heterocycles. The normalized spacial score (nSPS) is 11.5. The van der Waals surface area contributed by atoms with Crippen LogP contribution in [0.25, 0.3) is 33.3 Å². The van der Waals surface area contributed by atoms with Crippen LogP contribution < -0.4 is 0 Å². The third-order valence-corrected chi connectivity index (χ3v) is 4.07. The zero-order chi connectivity index (χ0) is 17.0. The van der Waals surface area contributed by atoms with Crippen LogP contribution in [0.5, 0.6) is 0 Å². The first kappa shape index (κ1) is 14.4. The van der Waals surface area contributed by atoms with E-state index in [4.69, 9.17) is 4.74 Å². The van der Waals surface area contributed by atoms with Crippen LogP contribution in [0.4, 0.5) is 0 Å². The van der Waals surface area contributed by atoms with Crippen molar-refractivity contribution < 1.29 is 9.53 Å². The Labute approximate surface area is 136 Å². The summed E-state index contributed by atoms with van der Waals surface area (Å²) in [4.78, 5) is 19.7. The number of aryl methyl sites for hydroxylation is 3.